The molecule has 1 aliphatic heterocycles. The molecule has 0 radical (unpaired) electrons. The van der Waals surface area contributed by atoms with E-state index in [2.05, 4.69) is 24.2 Å². The van der Waals surface area contributed by atoms with Crippen LogP contribution in [0.15, 0.2) is 18.2 Å². The lowest BCUT2D eigenvalue weighted by Crippen LogP contribution is -2.42. The van der Waals surface area contributed by atoms with Crippen molar-refractivity contribution in [2.75, 3.05) is 24.6 Å². The van der Waals surface area contributed by atoms with Crippen LogP contribution in [-0.4, -0.2) is 30.6 Å². The summed E-state index contributed by atoms with van der Waals surface area (Å²) in [5.41, 5.74) is 5.74. The molecule has 1 saturated heterocycles. The van der Waals surface area contributed by atoms with Gasteiger partial charge in [0, 0.05) is 18.6 Å². The highest BCUT2D eigenvalue weighted by atomic mass is 19.4. The summed E-state index contributed by atoms with van der Waals surface area (Å²) in [4.78, 5) is 2.27. The Bertz CT molecular complexity index is 473. The maximum absolute atomic E-state index is 12.6. The van der Waals surface area contributed by atoms with Gasteiger partial charge in [0.1, 0.15) is 0 Å². The van der Waals surface area contributed by atoms with E-state index in [0.717, 1.165) is 31.5 Å². The highest BCUT2D eigenvalue weighted by Gasteiger charge is 2.31. The number of rotatable bonds is 2. The minimum Gasteiger partial charge on any atom is -0.397 e. The fraction of sp³-hybridized carbons (Fsp3) is 0.571. The van der Waals surface area contributed by atoms with Gasteiger partial charge >= 0.3 is 6.18 Å². The van der Waals surface area contributed by atoms with Gasteiger partial charge in [-0.2, -0.15) is 13.2 Å². The Kier molecular flexibility index (Phi) is 4.13. The van der Waals surface area contributed by atoms with Crippen molar-refractivity contribution in [3.05, 3.63) is 23.8 Å². The van der Waals surface area contributed by atoms with Gasteiger partial charge < -0.3 is 16.0 Å². The first kappa shape index (κ1) is 15.0. The topological polar surface area (TPSA) is 41.3 Å². The molecular formula is C14H20F3N3. The number of piperidine rings is 1. The Balaban J connectivity index is 2.07. The molecule has 1 aromatic carbocycles. The molecule has 2 atom stereocenters. The largest absolute Gasteiger partial charge is 0.416 e. The number of nitrogen functional groups attached to an aromatic ring is 1. The van der Waals surface area contributed by atoms with Crippen LogP contribution in [0.4, 0.5) is 24.5 Å². The van der Waals surface area contributed by atoms with Gasteiger partial charge in [0.25, 0.3) is 0 Å². The minimum atomic E-state index is -4.35. The first-order valence-corrected chi connectivity index (χ1v) is 6.71. The van der Waals surface area contributed by atoms with Crippen LogP contribution in [0.3, 0.4) is 0 Å². The van der Waals surface area contributed by atoms with Gasteiger partial charge in [-0.15, -0.1) is 0 Å². The first-order chi connectivity index (χ1) is 9.27. The number of benzene rings is 1. The second kappa shape index (κ2) is 5.52. The van der Waals surface area contributed by atoms with Gasteiger partial charge in [-0.3, -0.25) is 0 Å². The van der Waals surface area contributed by atoms with Crippen LogP contribution < -0.4 is 11.1 Å². The number of alkyl halides is 3. The average molecular weight is 287 g/mol. The molecule has 0 spiro atoms. The number of hydrogen-bond acceptors (Lipinski definition) is 3. The van der Waals surface area contributed by atoms with E-state index < -0.39 is 11.7 Å². The highest BCUT2D eigenvalue weighted by molar-refractivity contribution is 5.67. The molecule has 112 valence electrons. The molecule has 3 nitrogen and oxygen atoms in total. The molecule has 2 unspecified atom stereocenters. The summed E-state index contributed by atoms with van der Waals surface area (Å²) in [6.07, 6.45) is -2.44. The Labute approximate surface area is 116 Å². The lowest BCUT2D eigenvalue weighted by molar-refractivity contribution is -0.137. The van der Waals surface area contributed by atoms with Crippen LogP contribution in [0.2, 0.25) is 0 Å². The van der Waals surface area contributed by atoms with E-state index in [4.69, 9.17) is 5.73 Å². The van der Waals surface area contributed by atoms with E-state index in [-0.39, 0.29) is 11.7 Å². The van der Waals surface area contributed by atoms with Gasteiger partial charge in [-0.1, -0.05) is 0 Å². The van der Waals surface area contributed by atoms with Crippen molar-refractivity contribution < 1.29 is 13.2 Å². The van der Waals surface area contributed by atoms with Crippen molar-refractivity contribution in [1.82, 2.24) is 4.90 Å². The molecule has 3 N–H and O–H groups in total. The average Bonchev–Trinajstić information content (AvgIpc) is 2.35. The lowest BCUT2D eigenvalue weighted by atomic mass is 9.98. The number of halogens is 3. The number of nitrogens with zero attached hydrogens (tertiary/aromatic N) is 1. The Hall–Kier alpha value is -1.43. The molecule has 6 heteroatoms. The van der Waals surface area contributed by atoms with Crippen molar-refractivity contribution in [3.8, 4) is 0 Å². The summed E-state index contributed by atoms with van der Waals surface area (Å²) in [5, 5.41) is 3.26. The normalized spacial score (nSPS) is 24.6. The molecule has 0 bridgehead atoms. The minimum absolute atomic E-state index is 0.145. The maximum atomic E-state index is 12.6. The first-order valence-electron chi connectivity index (χ1n) is 6.71. The maximum Gasteiger partial charge on any atom is 0.416 e. The zero-order valence-corrected chi connectivity index (χ0v) is 11.7. The fourth-order valence-electron chi connectivity index (χ4n) is 2.51. The predicted octanol–water partition coefficient (Wildman–Crippen LogP) is 3.18. The number of likely N-dealkylation sites (tertiary alicyclic amines) is 1. The molecule has 1 heterocycles. The smallest absolute Gasteiger partial charge is 0.397 e. The number of nitrogens with two attached hydrogens (primary N) is 1. The third-order valence-corrected chi connectivity index (χ3v) is 3.95. The molecule has 0 aliphatic carbocycles. The van der Waals surface area contributed by atoms with Crippen LogP contribution in [0.1, 0.15) is 25.3 Å². The standard InChI is InChI=1S/C14H20F3N3/c1-9-7-11(5-6-20(9)2)19-13-4-3-10(8-12(13)18)14(15,16)17/h3-4,8-9,11,19H,5-7,18H2,1-2H3. The monoisotopic (exact) mass is 287 g/mol. The van der Waals surface area contributed by atoms with Crippen LogP contribution in [0.5, 0.6) is 0 Å². The van der Waals surface area contributed by atoms with E-state index in [1.165, 1.54) is 6.07 Å². The summed E-state index contributed by atoms with van der Waals surface area (Å²) in [6.45, 7) is 3.11. The Morgan fingerprint density at radius 2 is 2.05 bits per heavy atom. The van der Waals surface area contributed by atoms with Crippen LogP contribution >= 0.6 is 0 Å². The second-order valence-corrected chi connectivity index (χ2v) is 5.50. The van der Waals surface area contributed by atoms with E-state index in [1.807, 2.05) is 0 Å². The van der Waals surface area contributed by atoms with Crippen molar-refractivity contribution >= 4 is 11.4 Å². The van der Waals surface area contributed by atoms with Gasteiger partial charge in [0.2, 0.25) is 0 Å². The third-order valence-electron chi connectivity index (χ3n) is 3.95. The van der Waals surface area contributed by atoms with Gasteiger partial charge in [0.15, 0.2) is 0 Å². The van der Waals surface area contributed by atoms with E-state index in [0.29, 0.717) is 11.7 Å². The van der Waals surface area contributed by atoms with Gasteiger partial charge in [-0.25, -0.2) is 0 Å². The molecule has 1 fully saturated rings. The zero-order chi connectivity index (χ0) is 14.9. The zero-order valence-electron chi connectivity index (χ0n) is 11.7. The van der Waals surface area contributed by atoms with Crippen molar-refractivity contribution in [3.63, 3.8) is 0 Å². The molecule has 0 amide bonds. The molecular weight excluding hydrogens is 267 g/mol. The number of anilines is 2. The van der Waals surface area contributed by atoms with Crippen molar-refractivity contribution in [1.29, 1.82) is 0 Å². The molecule has 1 aromatic rings. The van der Waals surface area contributed by atoms with Gasteiger partial charge in [-0.05, 0) is 45.0 Å². The quantitative estimate of drug-likeness (QED) is 0.821. The van der Waals surface area contributed by atoms with Crippen molar-refractivity contribution in [2.24, 2.45) is 0 Å². The van der Waals surface area contributed by atoms with E-state index >= 15 is 0 Å². The van der Waals surface area contributed by atoms with Crippen LogP contribution in [-0.2, 0) is 6.18 Å². The molecule has 1 aliphatic rings. The van der Waals surface area contributed by atoms with Gasteiger partial charge in [0.05, 0.1) is 16.9 Å². The summed E-state index contributed by atoms with van der Waals surface area (Å²) < 4.78 is 37.7. The lowest BCUT2D eigenvalue weighted by Gasteiger charge is -2.36. The van der Waals surface area contributed by atoms with Crippen molar-refractivity contribution in [2.45, 2.75) is 38.0 Å². The summed E-state index contributed by atoms with van der Waals surface area (Å²) in [5.74, 6) is 0. The Morgan fingerprint density at radius 3 is 2.60 bits per heavy atom. The summed E-state index contributed by atoms with van der Waals surface area (Å²) >= 11 is 0. The predicted molar refractivity (Wildman–Crippen MR) is 74.6 cm³/mol. The summed E-state index contributed by atoms with van der Waals surface area (Å²) in [7, 11) is 2.08. The third kappa shape index (κ3) is 3.36. The second-order valence-electron chi connectivity index (χ2n) is 5.50. The van der Waals surface area contributed by atoms with Crippen LogP contribution in [0, 0.1) is 0 Å². The highest BCUT2D eigenvalue weighted by Crippen LogP contribution is 2.33. The molecule has 2 rings (SSSR count). The fourth-order valence-corrected chi connectivity index (χ4v) is 2.51. The Morgan fingerprint density at radius 1 is 1.35 bits per heavy atom. The van der Waals surface area contributed by atoms with E-state index in [1.54, 1.807) is 0 Å². The van der Waals surface area contributed by atoms with Crippen LogP contribution in [0.25, 0.3) is 0 Å². The summed E-state index contributed by atoms with van der Waals surface area (Å²) in [6, 6.07) is 4.18. The number of hydrogen-bond donors (Lipinski definition) is 2. The number of nitrogens with one attached hydrogen (secondary N) is 1. The van der Waals surface area contributed by atoms with E-state index in [9.17, 15) is 13.2 Å². The SMILES string of the molecule is CC1CC(Nc2ccc(C(F)(F)F)cc2N)CCN1C. The molecule has 20 heavy (non-hydrogen) atoms. The molecule has 0 aromatic heterocycles. The molecule has 0 saturated carbocycles.